The molecule has 0 fully saturated rings. The van der Waals surface area contributed by atoms with Crippen LogP contribution < -0.4 is 10.1 Å². The maximum Gasteiger partial charge on any atom is 0.133 e. The van der Waals surface area contributed by atoms with Crippen LogP contribution in [0, 0.1) is 6.92 Å². The van der Waals surface area contributed by atoms with Crippen molar-refractivity contribution in [3.8, 4) is 5.75 Å². The van der Waals surface area contributed by atoms with Gasteiger partial charge >= 0.3 is 0 Å². The van der Waals surface area contributed by atoms with E-state index in [0.717, 1.165) is 16.8 Å². The standard InChI is InChI=1S/C10H14BrNO/c1-7-4-8(6-12-2)10(11)9(5-7)13-3/h4-5,12H,6H2,1-3H3. The first-order valence-corrected chi connectivity index (χ1v) is 4.96. The van der Waals surface area contributed by atoms with Crippen molar-refractivity contribution in [2.24, 2.45) is 0 Å². The number of ether oxygens (including phenoxy) is 1. The molecule has 2 nitrogen and oxygen atoms in total. The minimum absolute atomic E-state index is 0.846. The molecule has 0 bridgehead atoms. The molecule has 0 amide bonds. The Labute approximate surface area is 87.4 Å². The second-order valence-corrected chi connectivity index (χ2v) is 3.76. The number of rotatable bonds is 3. The highest BCUT2D eigenvalue weighted by Gasteiger charge is 2.06. The summed E-state index contributed by atoms with van der Waals surface area (Å²) >= 11 is 3.51. The van der Waals surface area contributed by atoms with Gasteiger partial charge in [-0.1, -0.05) is 6.07 Å². The van der Waals surface area contributed by atoms with E-state index in [0.29, 0.717) is 0 Å². The summed E-state index contributed by atoms with van der Waals surface area (Å²) in [6.07, 6.45) is 0. The first kappa shape index (κ1) is 10.5. The van der Waals surface area contributed by atoms with Crippen LogP contribution in [0.4, 0.5) is 0 Å². The summed E-state index contributed by atoms with van der Waals surface area (Å²) in [4.78, 5) is 0. The largest absolute Gasteiger partial charge is 0.496 e. The van der Waals surface area contributed by atoms with Gasteiger partial charge in [0.1, 0.15) is 5.75 Å². The van der Waals surface area contributed by atoms with Gasteiger partial charge in [-0.25, -0.2) is 0 Å². The molecule has 3 heteroatoms. The third-order valence-electron chi connectivity index (χ3n) is 1.85. The molecular formula is C10H14BrNO. The zero-order valence-electron chi connectivity index (χ0n) is 8.15. The van der Waals surface area contributed by atoms with E-state index in [-0.39, 0.29) is 0 Å². The Bertz CT molecular complexity index is 299. The molecule has 1 N–H and O–H groups in total. The van der Waals surface area contributed by atoms with Crippen LogP contribution in [-0.4, -0.2) is 14.2 Å². The molecule has 0 aromatic heterocycles. The average Bonchev–Trinajstić information content (AvgIpc) is 2.11. The molecule has 0 aliphatic rings. The van der Waals surface area contributed by atoms with Crippen LogP contribution in [0.1, 0.15) is 11.1 Å². The molecule has 0 unspecified atom stereocenters. The quantitative estimate of drug-likeness (QED) is 0.881. The van der Waals surface area contributed by atoms with Crippen molar-refractivity contribution in [1.82, 2.24) is 5.32 Å². The van der Waals surface area contributed by atoms with Crippen LogP contribution in [0.2, 0.25) is 0 Å². The highest BCUT2D eigenvalue weighted by molar-refractivity contribution is 9.10. The molecule has 1 aromatic rings. The van der Waals surface area contributed by atoms with Gasteiger partial charge in [0.25, 0.3) is 0 Å². The summed E-state index contributed by atoms with van der Waals surface area (Å²) in [5.74, 6) is 0.894. The molecule has 0 saturated carbocycles. The summed E-state index contributed by atoms with van der Waals surface area (Å²) in [6, 6.07) is 4.16. The van der Waals surface area contributed by atoms with Crippen LogP contribution >= 0.6 is 15.9 Å². The number of halogens is 1. The predicted molar refractivity (Wildman–Crippen MR) is 58.2 cm³/mol. The maximum atomic E-state index is 5.24. The van der Waals surface area contributed by atoms with Crippen molar-refractivity contribution >= 4 is 15.9 Å². The van der Waals surface area contributed by atoms with Gasteiger partial charge < -0.3 is 10.1 Å². The normalized spacial score (nSPS) is 10.2. The lowest BCUT2D eigenvalue weighted by atomic mass is 10.1. The average molecular weight is 244 g/mol. The fraction of sp³-hybridized carbons (Fsp3) is 0.400. The molecule has 0 radical (unpaired) electrons. The topological polar surface area (TPSA) is 21.3 Å². The molecule has 1 rings (SSSR count). The van der Waals surface area contributed by atoms with Crippen molar-refractivity contribution in [3.05, 3.63) is 27.7 Å². The maximum absolute atomic E-state index is 5.24. The second kappa shape index (κ2) is 4.63. The summed E-state index contributed by atoms with van der Waals surface area (Å²) in [6.45, 7) is 2.91. The highest BCUT2D eigenvalue weighted by Crippen LogP contribution is 2.29. The van der Waals surface area contributed by atoms with Gasteiger partial charge in [0.15, 0.2) is 0 Å². The van der Waals surface area contributed by atoms with Crippen molar-refractivity contribution in [1.29, 1.82) is 0 Å². The summed E-state index contributed by atoms with van der Waals surface area (Å²) < 4.78 is 6.28. The zero-order valence-corrected chi connectivity index (χ0v) is 9.73. The molecule has 0 saturated heterocycles. The number of aryl methyl sites for hydroxylation is 1. The Morgan fingerprint density at radius 1 is 1.46 bits per heavy atom. The van der Waals surface area contributed by atoms with Gasteiger partial charge in [0, 0.05) is 6.54 Å². The number of benzene rings is 1. The van der Waals surface area contributed by atoms with Crippen molar-refractivity contribution in [3.63, 3.8) is 0 Å². The Kier molecular flexibility index (Phi) is 3.75. The van der Waals surface area contributed by atoms with Crippen molar-refractivity contribution < 1.29 is 4.74 Å². The van der Waals surface area contributed by atoms with Crippen LogP contribution in [0.5, 0.6) is 5.75 Å². The van der Waals surface area contributed by atoms with Crippen molar-refractivity contribution in [2.45, 2.75) is 13.5 Å². The molecular weight excluding hydrogens is 230 g/mol. The lowest BCUT2D eigenvalue weighted by molar-refractivity contribution is 0.411. The van der Waals surface area contributed by atoms with E-state index in [1.807, 2.05) is 13.1 Å². The van der Waals surface area contributed by atoms with Crippen LogP contribution in [-0.2, 0) is 6.54 Å². The first-order chi connectivity index (χ1) is 6.19. The molecule has 0 aliphatic heterocycles. The minimum Gasteiger partial charge on any atom is -0.496 e. The van der Waals surface area contributed by atoms with E-state index in [9.17, 15) is 0 Å². The zero-order chi connectivity index (χ0) is 9.84. The van der Waals surface area contributed by atoms with Gasteiger partial charge in [0.2, 0.25) is 0 Å². The molecule has 0 spiro atoms. The third kappa shape index (κ3) is 2.45. The van der Waals surface area contributed by atoms with E-state index in [4.69, 9.17) is 4.74 Å². The monoisotopic (exact) mass is 243 g/mol. The number of hydrogen-bond donors (Lipinski definition) is 1. The van der Waals surface area contributed by atoms with Gasteiger partial charge in [-0.2, -0.15) is 0 Å². The smallest absolute Gasteiger partial charge is 0.133 e. The summed E-state index contributed by atoms with van der Waals surface area (Å²) in [7, 11) is 3.62. The number of nitrogens with one attached hydrogen (secondary N) is 1. The fourth-order valence-corrected chi connectivity index (χ4v) is 1.81. The Morgan fingerprint density at radius 2 is 2.15 bits per heavy atom. The van der Waals surface area contributed by atoms with Crippen LogP contribution in [0.3, 0.4) is 0 Å². The van der Waals surface area contributed by atoms with Gasteiger partial charge in [-0.3, -0.25) is 0 Å². The summed E-state index contributed by atoms with van der Waals surface area (Å²) in [5.41, 5.74) is 2.43. The Hall–Kier alpha value is -0.540. The molecule has 0 atom stereocenters. The number of hydrogen-bond acceptors (Lipinski definition) is 2. The molecule has 13 heavy (non-hydrogen) atoms. The Balaban J connectivity index is 3.11. The van der Waals surface area contributed by atoms with E-state index in [2.05, 4.69) is 34.2 Å². The van der Waals surface area contributed by atoms with E-state index in [1.54, 1.807) is 7.11 Å². The third-order valence-corrected chi connectivity index (χ3v) is 2.75. The molecule has 0 heterocycles. The highest BCUT2D eigenvalue weighted by atomic mass is 79.9. The predicted octanol–water partition coefficient (Wildman–Crippen LogP) is 2.49. The molecule has 0 aliphatic carbocycles. The lowest BCUT2D eigenvalue weighted by Crippen LogP contribution is -2.06. The van der Waals surface area contributed by atoms with Crippen LogP contribution in [0.15, 0.2) is 16.6 Å². The number of methoxy groups -OCH3 is 1. The van der Waals surface area contributed by atoms with Crippen molar-refractivity contribution in [2.75, 3.05) is 14.2 Å². The first-order valence-electron chi connectivity index (χ1n) is 4.16. The molecule has 1 aromatic carbocycles. The fourth-order valence-electron chi connectivity index (χ4n) is 1.28. The van der Waals surface area contributed by atoms with E-state index >= 15 is 0 Å². The Morgan fingerprint density at radius 3 is 2.69 bits per heavy atom. The van der Waals surface area contributed by atoms with Crippen LogP contribution in [0.25, 0.3) is 0 Å². The van der Waals surface area contributed by atoms with E-state index < -0.39 is 0 Å². The lowest BCUT2D eigenvalue weighted by Gasteiger charge is -2.10. The SMILES string of the molecule is CNCc1cc(C)cc(OC)c1Br. The minimum atomic E-state index is 0.846. The molecule has 72 valence electrons. The van der Waals surface area contributed by atoms with Gasteiger partial charge in [-0.05, 0) is 47.1 Å². The second-order valence-electron chi connectivity index (χ2n) is 2.97. The summed E-state index contributed by atoms with van der Waals surface area (Å²) in [5, 5.41) is 3.12. The van der Waals surface area contributed by atoms with Gasteiger partial charge in [0.05, 0.1) is 11.6 Å². The van der Waals surface area contributed by atoms with Gasteiger partial charge in [-0.15, -0.1) is 0 Å². The van der Waals surface area contributed by atoms with E-state index in [1.165, 1.54) is 11.1 Å².